The minimum atomic E-state index is 0.146. The molecule has 1 aromatic heterocycles. The summed E-state index contributed by atoms with van der Waals surface area (Å²) in [5, 5.41) is 3.62. The monoisotopic (exact) mass is 284 g/mol. The van der Waals surface area contributed by atoms with Crippen molar-refractivity contribution in [2.45, 2.75) is 33.2 Å². The molecule has 0 saturated heterocycles. The van der Waals surface area contributed by atoms with E-state index < -0.39 is 0 Å². The maximum absolute atomic E-state index is 5.35. The summed E-state index contributed by atoms with van der Waals surface area (Å²) in [6.45, 7) is 7.24. The standard InChI is InChI=1S/C18H24N2O/c1-5-11-19-18(15-7-6-8-16(12-15)21-4)17-10-9-13(2)20-14(17)3/h6-10,12,18-19H,5,11H2,1-4H3. The molecule has 21 heavy (non-hydrogen) atoms. The fourth-order valence-corrected chi connectivity index (χ4v) is 2.52. The molecule has 1 aromatic carbocycles. The van der Waals surface area contributed by atoms with E-state index in [4.69, 9.17) is 4.74 Å². The van der Waals surface area contributed by atoms with Gasteiger partial charge in [0, 0.05) is 11.4 Å². The number of benzene rings is 1. The molecule has 0 radical (unpaired) electrons. The van der Waals surface area contributed by atoms with Gasteiger partial charge in [0.1, 0.15) is 5.75 Å². The Balaban J connectivity index is 2.41. The third-order valence-corrected chi connectivity index (χ3v) is 3.60. The zero-order valence-electron chi connectivity index (χ0n) is 13.3. The Bertz CT molecular complexity index is 596. The molecule has 1 unspecified atom stereocenters. The zero-order chi connectivity index (χ0) is 15.2. The summed E-state index contributed by atoms with van der Waals surface area (Å²) in [6.07, 6.45) is 1.10. The van der Waals surface area contributed by atoms with Gasteiger partial charge in [-0.2, -0.15) is 0 Å². The van der Waals surface area contributed by atoms with Gasteiger partial charge in [-0.15, -0.1) is 0 Å². The van der Waals surface area contributed by atoms with E-state index in [1.165, 1.54) is 11.1 Å². The molecule has 112 valence electrons. The quantitative estimate of drug-likeness (QED) is 0.876. The normalized spacial score (nSPS) is 12.2. The van der Waals surface area contributed by atoms with E-state index in [-0.39, 0.29) is 6.04 Å². The lowest BCUT2D eigenvalue weighted by molar-refractivity contribution is 0.413. The van der Waals surface area contributed by atoms with Crippen molar-refractivity contribution in [2.24, 2.45) is 0 Å². The number of pyridine rings is 1. The van der Waals surface area contributed by atoms with Crippen LogP contribution >= 0.6 is 0 Å². The van der Waals surface area contributed by atoms with Crippen molar-refractivity contribution in [3.63, 3.8) is 0 Å². The van der Waals surface area contributed by atoms with Gasteiger partial charge in [0.2, 0.25) is 0 Å². The molecule has 0 bridgehead atoms. The van der Waals surface area contributed by atoms with Gasteiger partial charge in [-0.25, -0.2) is 0 Å². The number of aromatic nitrogens is 1. The molecule has 0 aliphatic heterocycles. The summed E-state index contributed by atoms with van der Waals surface area (Å²) in [7, 11) is 1.70. The van der Waals surface area contributed by atoms with Gasteiger partial charge in [0.15, 0.2) is 0 Å². The second-order valence-electron chi connectivity index (χ2n) is 5.29. The van der Waals surface area contributed by atoms with E-state index in [2.05, 4.69) is 48.4 Å². The number of nitrogens with one attached hydrogen (secondary N) is 1. The molecule has 3 nitrogen and oxygen atoms in total. The van der Waals surface area contributed by atoms with Crippen molar-refractivity contribution in [3.8, 4) is 5.75 Å². The maximum atomic E-state index is 5.35. The first-order valence-electron chi connectivity index (χ1n) is 7.47. The Morgan fingerprint density at radius 2 is 2.00 bits per heavy atom. The number of ether oxygens (including phenoxy) is 1. The Hall–Kier alpha value is -1.87. The van der Waals surface area contributed by atoms with Gasteiger partial charge in [0.25, 0.3) is 0 Å². The van der Waals surface area contributed by atoms with Gasteiger partial charge in [-0.1, -0.05) is 25.1 Å². The summed E-state index contributed by atoms with van der Waals surface area (Å²) in [5.41, 5.74) is 4.56. The Labute approximate surface area is 127 Å². The molecule has 1 heterocycles. The zero-order valence-corrected chi connectivity index (χ0v) is 13.3. The molecule has 0 aliphatic carbocycles. The Kier molecular flexibility index (Phi) is 5.34. The van der Waals surface area contributed by atoms with Crippen LogP contribution in [0.15, 0.2) is 36.4 Å². The summed E-state index contributed by atoms with van der Waals surface area (Å²) < 4.78 is 5.35. The lowest BCUT2D eigenvalue weighted by atomic mass is 9.97. The van der Waals surface area contributed by atoms with Gasteiger partial charge in [0.05, 0.1) is 13.2 Å². The van der Waals surface area contributed by atoms with Crippen LogP contribution in [0, 0.1) is 13.8 Å². The van der Waals surface area contributed by atoms with Crippen LogP contribution in [0.1, 0.15) is 41.9 Å². The van der Waals surface area contributed by atoms with Crippen LogP contribution < -0.4 is 10.1 Å². The molecular weight excluding hydrogens is 260 g/mol. The van der Waals surface area contributed by atoms with E-state index in [1.807, 2.05) is 19.1 Å². The minimum Gasteiger partial charge on any atom is -0.497 e. The number of hydrogen-bond acceptors (Lipinski definition) is 3. The van der Waals surface area contributed by atoms with Crippen LogP contribution in [0.5, 0.6) is 5.75 Å². The largest absolute Gasteiger partial charge is 0.497 e. The second kappa shape index (κ2) is 7.23. The van der Waals surface area contributed by atoms with Crippen molar-refractivity contribution in [1.29, 1.82) is 0 Å². The molecule has 0 fully saturated rings. The molecular formula is C18H24N2O. The summed E-state index contributed by atoms with van der Waals surface area (Å²) in [5.74, 6) is 0.883. The first kappa shape index (κ1) is 15.5. The molecule has 0 amide bonds. The number of nitrogens with zero attached hydrogens (tertiary/aromatic N) is 1. The molecule has 3 heteroatoms. The number of rotatable bonds is 6. The van der Waals surface area contributed by atoms with Gasteiger partial charge in [-0.05, 0) is 56.1 Å². The number of hydrogen-bond donors (Lipinski definition) is 1. The van der Waals surface area contributed by atoms with Gasteiger partial charge in [-0.3, -0.25) is 4.98 Å². The highest BCUT2D eigenvalue weighted by atomic mass is 16.5. The molecule has 2 rings (SSSR count). The molecule has 2 aromatic rings. The fraction of sp³-hybridized carbons (Fsp3) is 0.389. The van der Waals surface area contributed by atoms with Crippen molar-refractivity contribution in [3.05, 3.63) is 58.9 Å². The van der Waals surface area contributed by atoms with E-state index in [0.717, 1.165) is 30.1 Å². The van der Waals surface area contributed by atoms with E-state index >= 15 is 0 Å². The van der Waals surface area contributed by atoms with Crippen LogP contribution in [0.4, 0.5) is 0 Å². The highest BCUT2D eigenvalue weighted by Crippen LogP contribution is 2.27. The Morgan fingerprint density at radius 1 is 1.19 bits per heavy atom. The van der Waals surface area contributed by atoms with Crippen LogP contribution in [-0.4, -0.2) is 18.6 Å². The number of aryl methyl sites for hydroxylation is 2. The first-order valence-corrected chi connectivity index (χ1v) is 7.47. The van der Waals surface area contributed by atoms with Crippen LogP contribution in [0.3, 0.4) is 0 Å². The van der Waals surface area contributed by atoms with E-state index in [0.29, 0.717) is 0 Å². The average Bonchev–Trinajstić information content (AvgIpc) is 2.49. The van der Waals surface area contributed by atoms with Crippen molar-refractivity contribution in [1.82, 2.24) is 10.3 Å². The highest BCUT2D eigenvalue weighted by Gasteiger charge is 2.16. The smallest absolute Gasteiger partial charge is 0.119 e. The van der Waals surface area contributed by atoms with Crippen molar-refractivity contribution >= 4 is 0 Å². The van der Waals surface area contributed by atoms with Crippen LogP contribution in [0.25, 0.3) is 0 Å². The lowest BCUT2D eigenvalue weighted by Gasteiger charge is -2.21. The number of methoxy groups -OCH3 is 1. The van der Waals surface area contributed by atoms with Crippen molar-refractivity contribution < 1.29 is 4.74 Å². The third-order valence-electron chi connectivity index (χ3n) is 3.60. The predicted molar refractivity (Wildman–Crippen MR) is 86.8 cm³/mol. The summed E-state index contributed by atoms with van der Waals surface area (Å²) >= 11 is 0. The van der Waals surface area contributed by atoms with Crippen molar-refractivity contribution in [2.75, 3.05) is 13.7 Å². The molecule has 0 saturated carbocycles. The summed E-state index contributed by atoms with van der Waals surface area (Å²) in [4.78, 5) is 4.60. The van der Waals surface area contributed by atoms with E-state index in [9.17, 15) is 0 Å². The predicted octanol–water partition coefficient (Wildman–Crippen LogP) is 3.80. The minimum absolute atomic E-state index is 0.146. The first-order chi connectivity index (χ1) is 10.2. The fourth-order valence-electron chi connectivity index (χ4n) is 2.52. The molecule has 0 spiro atoms. The Morgan fingerprint density at radius 3 is 2.67 bits per heavy atom. The second-order valence-corrected chi connectivity index (χ2v) is 5.29. The topological polar surface area (TPSA) is 34.1 Å². The molecule has 1 N–H and O–H groups in total. The third kappa shape index (κ3) is 3.82. The van der Waals surface area contributed by atoms with Crippen LogP contribution in [0.2, 0.25) is 0 Å². The summed E-state index contributed by atoms with van der Waals surface area (Å²) in [6, 6.07) is 12.6. The van der Waals surface area contributed by atoms with Gasteiger partial charge < -0.3 is 10.1 Å². The average molecular weight is 284 g/mol. The van der Waals surface area contributed by atoms with Crippen LogP contribution in [-0.2, 0) is 0 Å². The molecule has 0 aliphatic rings. The van der Waals surface area contributed by atoms with Gasteiger partial charge >= 0.3 is 0 Å². The SMILES string of the molecule is CCCNC(c1cccc(OC)c1)c1ccc(C)nc1C. The molecule has 1 atom stereocenters. The van der Waals surface area contributed by atoms with E-state index in [1.54, 1.807) is 7.11 Å². The highest BCUT2D eigenvalue weighted by molar-refractivity contribution is 5.38. The lowest BCUT2D eigenvalue weighted by Crippen LogP contribution is -2.24. The maximum Gasteiger partial charge on any atom is 0.119 e.